The highest BCUT2D eigenvalue weighted by atomic mass is 19.1. The Bertz CT molecular complexity index is 1150. The smallest absolute Gasteiger partial charge is 0.341 e. The van der Waals surface area contributed by atoms with Gasteiger partial charge in [-0.1, -0.05) is 0 Å². The number of rotatable bonds is 6. The molecule has 4 aliphatic rings. The number of carbonyl (C=O) groups is 1. The molecule has 9 heteroatoms. The van der Waals surface area contributed by atoms with Crippen LogP contribution in [-0.4, -0.2) is 55.1 Å². The Labute approximate surface area is 178 Å². The third-order valence-electron chi connectivity index (χ3n) is 6.83. The number of fused-ring (bicyclic) bond motifs is 3. The van der Waals surface area contributed by atoms with Gasteiger partial charge in [0.05, 0.1) is 24.6 Å². The molecule has 4 fully saturated rings. The summed E-state index contributed by atoms with van der Waals surface area (Å²) in [5.74, 6) is -1.70. The Kier molecular flexibility index (Phi) is 4.36. The summed E-state index contributed by atoms with van der Waals surface area (Å²) < 4.78 is 28.4. The van der Waals surface area contributed by atoms with Gasteiger partial charge in [0.1, 0.15) is 11.3 Å². The molecule has 3 heterocycles. The van der Waals surface area contributed by atoms with E-state index in [1.54, 1.807) is 11.7 Å². The van der Waals surface area contributed by atoms with Crippen LogP contribution in [0.25, 0.3) is 10.9 Å². The van der Waals surface area contributed by atoms with Crippen molar-refractivity contribution >= 4 is 22.6 Å². The first kappa shape index (κ1) is 20.3. The molecule has 166 valence electrons. The Morgan fingerprint density at radius 2 is 2.03 bits per heavy atom. The fraction of sp³-hybridized carbons (Fsp3) is 0.545. The number of carboxylic acid groups (broad SMARTS) is 1. The molecule has 1 aromatic carbocycles. The summed E-state index contributed by atoms with van der Waals surface area (Å²) in [6.45, 7) is 1.58. The average molecular weight is 431 g/mol. The standard InChI is InChI=1S/C22H26FN3O5/c1-30-11-21-7-22(24,8-21)10-25(9-21)17-15(23)5-13-16(19(17)31-2)26(12-3-4-12)6-14(18(13)27)20(28)29/h5-6,12H,3-4,7-11,24H2,1-2H3,(H,28,29). The topological polar surface area (TPSA) is 107 Å². The van der Waals surface area contributed by atoms with Crippen molar-refractivity contribution in [3.05, 3.63) is 33.9 Å². The average Bonchev–Trinajstić information content (AvgIpc) is 3.51. The number of halogens is 1. The van der Waals surface area contributed by atoms with Gasteiger partial charge < -0.3 is 29.8 Å². The molecule has 3 N–H and O–H groups in total. The van der Waals surface area contributed by atoms with Crippen LogP contribution in [0.3, 0.4) is 0 Å². The van der Waals surface area contributed by atoms with Gasteiger partial charge in [-0.2, -0.15) is 0 Å². The van der Waals surface area contributed by atoms with Crippen LogP contribution in [0, 0.1) is 11.2 Å². The molecule has 0 amide bonds. The minimum atomic E-state index is -1.33. The first-order chi connectivity index (χ1) is 14.7. The minimum absolute atomic E-state index is 0.0149. The lowest BCUT2D eigenvalue weighted by Crippen LogP contribution is -2.72. The number of carboxylic acids is 1. The number of nitrogens with zero attached hydrogens (tertiary/aromatic N) is 2. The second-order valence-electron chi connectivity index (χ2n) is 9.46. The van der Waals surface area contributed by atoms with Gasteiger partial charge >= 0.3 is 5.97 Å². The number of pyridine rings is 1. The van der Waals surface area contributed by atoms with E-state index in [4.69, 9.17) is 15.2 Å². The summed E-state index contributed by atoms with van der Waals surface area (Å²) in [5, 5.41) is 9.49. The van der Waals surface area contributed by atoms with E-state index in [1.807, 2.05) is 4.90 Å². The van der Waals surface area contributed by atoms with Gasteiger partial charge in [-0.15, -0.1) is 0 Å². The number of ether oxygens (including phenoxy) is 2. The van der Waals surface area contributed by atoms with Crippen molar-refractivity contribution in [1.29, 1.82) is 0 Å². The molecule has 0 radical (unpaired) electrons. The van der Waals surface area contributed by atoms with Crippen molar-refractivity contribution in [2.24, 2.45) is 11.1 Å². The first-order valence-corrected chi connectivity index (χ1v) is 10.4. The van der Waals surface area contributed by atoms with Crippen molar-refractivity contribution < 1.29 is 23.8 Å². The number of aromatic nitrogens is 1. The van der Waals surface area contributed by atoms with E-state index >= 15 is 4.39 Å². The van der Waals surface area contributed by atoms with E-state index in [9.17, 15) is 14.7 Å². The Balaban J connectivity index is 1.73. The second kappa shape index (κ2) is 6.67. The molecule has 8 nitrogen and oxygen atoms in total. The SMILES string of the molecule is COCC12CN(c3c(F)cc4c(=O)c(C(=O)O)cn(C5CC5)c4c3OC)CC(N)(C1)C2. The second-order valence-corrected chi connectivity index (χ2v) is 9.46. The zero-order valence-electron chi connectivity index (χ0n) is 17.6. The van der Waals surface area contributed by atoms with Crippen LogP contribution < -0.4 is 20.8 Å². The zero-order valence-corrected chi connectivity index (χ0v) is 17.6. The van der Waals surface area contributed by atoms with E-state index in [2.05, 4.69) is 0 Å². The van der Waals surface area contributed by atoms with Crippen LogP contribution in [0.15, 0.2) is 17.1 Å². The molecule has 2 saturated heterocycles. The number of hydrogen-bond acceptors (Lipinski definition) is 6. The molecule has 2 bridgehead atoms. The highest BCUT2D eigenvalue weighted by molar-refractivity contribution is 5.97. The predicted molar refractivity (Wildman–Crippen MR) is 113 cm³/mol. The Morgan fingerprint density at radius 1 is 1.32 bits per heavy atom. The Hall–Kier alpha value is -2.65. The monoisotopic (exact) mass is 431 g/mol. The quantitative estimate of drug-likeness (QED) is 0.722. The number of nitrogens with two attached hydrogens (primary N) is 1. The van der Waals surface area contributed by atoms with Gasteiger partial charge in [0.25, 0.3) is 0 Å². The molecule has 0 spiro atoms. The van der Waals surface area contributed by atoms with Crippen LogP contribution in [-0.2, 0) is 4.74 Å². The van der Waals surface area contributed by atoms with Gasteiger partial charge in [0.15, 0.2) is 11.6 Å². The van der Waals surface area contributed by atoms with Crippen LogP contribution >= 0.6 is 0 Å². The van der Waals surface area contributed by atoms with Gasteiger partial charge in [0.2, 0.25) is 5.43 Å². The highest BCUT2D eigenvalue weighted by Gasteiger charge is 2.58. The van der Waals surface area contributed by atoms with Gasteiger partial charge in [-0.05, 0) is 31.7 Å². The lowest BCUT2D eigenvalue weighted by Gasteiger charge is -2.62. The fourth-order valence-electron chi connectivity index (χ4n) is 5.84. The molecule has 2 aliphatic heterocycles. The molecule has 0 atom stereocenters. The van der Waals surface area contributed by atoms with Crippen molar-refractivity contribution in [1.82, 2.24) is 4.57 Å². The zero-order chi connectivity index (χ0) is 22.1. The summed E-state index contributed by atoms with van der Waals surface area (Å²) in [6, 6.07) is 1.21. The molecule has 1 aromatic heterocycles. The van der Waals surface area contributed by atoms with Crippen molar-refractivity contribution in [2.75, 3.05) is 38.8 Å². The van der Waals surface area contributed by atoms with E-state index in [1.165, 1.54) is 13.3 Å². The van der Waals surface area contributed by atoms with Crippen LogP contribution in [0.5, 0.6) is 5.75 Å². The van der Waals surface area contributed by atoms with Gasteiger partial charge in [-0.25, -0.2) is 9.18 Å². The summed E-state index contributed by atoms with van der Waals surface area (Å²) in [4.78, 5) is 26.4. The third-order valence-corrected chi connectivity index (χ3v) is 6.83. The van der Waals surface area contributed by atoms with Crippen LogP contribution in [0.2, 0.25) is 0 Å². The maximum atomic E-state index is 15.5. The van der Waals surface area contributed by atoms with Crippen LogP contribution in [0.1, 0.15) is 42.1 Å². The lowest BCUT2D eigenvalue weighted by atomic mass is 9.54. The van der Waals surface area contributed by atoms with E-state index in [0.29, 0.717) is 25.2 Å². The molecular weight excluding hydrogens is 405 g/mol. The summed E-state index contributed by atoms with van der Waals surface area (Å²) in [7, 11) is 3.09. The first-order valence-electron chi connectivity index (χ1n) is 10.4. The summed E-state index contributed by atoms with van der Waals surface area (Å²) in [5.41, 5.74) is 5.58. The molecule has 31 heavy (non-hydrogen) atoms. The fourth-order valence-corrected chi connectivity index (χ4v) is 5.84. The molecule has 0 unspecified atom stereocenters. The lowest BCUT2D eigenvalue weighted by molar-refractivity contribution is -0.0530. The normalized spacial score (nSPS) is 27.3. The van der Waals surface area contributed by atoms with Gasteiger partial charge in [-0.3, -0.25) is 4.79 Å². The summed E-state index contributed by atoms with van der Waals surface area (Å²) >= 11 is 0. The van der Waals surface area contributed by atoms with Crippen molar-refractivity contribution in [2.45, 2.75) is 37.3 Å². The molecule has 2 saturated carbocycles. The molecule has 6 rings (SSSR count). The van der Waals surface area contributed by atoms with Crippen molar-refractivity contribution in [3.63, 3.8) is 0 Å². The largest absolute Gasteiger partial charge is 0.492 e. The molecule has 2 aliphatic carbocycles. The number of piperidine rings is 2. The summed E-state index contributed by atoms with van der Waals surface area (Å²) in [6.07, 6.45) is 4.71. The van der Waals surface area contributed by atoms with Crippen LogP contribution in [0.4, 0.5) is 10.1 Å². The highest BCUT2D eigenvalue weighted by Crippen LogP contribution is 2.54. The predicted octanol–water partition coefficient (Wildman–Crippen LogP) is 2.13. The minimum Gasteiger partial charge on any atom is -0.492 e. The maximum absolute atomic E-state index is 15.5. The number of aromatic carboxylic acids is 1. The number of benzene rings is 1. The Morgan fingerprint density at radius 3 is 2.61 bits per heavy atom. The van der Waals surface area contributed by atoms with E-state index in [0.717, 1.165) is 31.7 Å². The number of methoxy groups -OCH3 is 2. The number of anilines is 1. The van der Waals surface area contributed by atoms with E-state index in [-0.39, 0.29) is 33.8 Å². The maximum Gasteiger partial charge on any atom is 0.341 e. The molecular formula is C22H26FN3O5. The van der Waals surface area contributed by atoms with Crippen molar-refractivity contribution in [3.8, 4) is 5.75 Å². The third kappa shape index (κ3) is 3.02. The number of hydrogen-bond donors (Lipinski definition) is 2. The molecule has 2 aromatic rings. The van der Waals surface area contributed by atoms with Gasteiger partial charge in [0, 0.05) is 43.4 Å². The van der Waals surface area contributed by atoms with E-state index < -0.39 is 22.8 Å².